The number of anilines is 2. The highest BCUT2D eigenvalue weighted by Gasteiger charge is 2.33. The molecule has 7 heteroatoms. The third-order valence-corrected chi connectivity index (χ3v) is 5.51. The summed E-state index contributed by atoms with van der Waals surface area (Å²) in [5.74, 6) is 1.18. The van der Waals surface area contributed by atoms with Gasteiger partial charge in [0.05, 0.1) is 24.3 Å². The van der Waals surface area contributed by atoms with Crippen LogP contribution in [0.15, 0.2) is 47.4 Å². The van der Waals surface area contributed by atoms with E-state index in [4.69, 9.17) is 21.7 Å². The van der Waals surface area contributed by atoms with Gasteiger partial charge >= 0.3 is 0 Å². The average molecular weight is 415 g/mol. The predicted molar refractivity (Wildman–Crippen MR) is 121 cm³/mol. The van der Waals surface area contributed by atoms with Gasteiger partial charge in [0, 0.05) is 19.8 Å². The second-order valence-electron chi connectivity index (χ2n) is 6.27. The monoisotopic (exact) mass is 414 g/mol. The van der Waals surface area contributed by atoms with Crippen molar-refractivity contribution in [3.05, 3.63) is 52.9 Å². The maximum atomic E-state index is 12.9. The molecular weight excluding hydrogens is 392 g/mol. The number of amides is 1. The lowest BCUT2D eigenvalue weighted by Gasteiger charge is -2.17. The fourth-order valence-electron chi connectivity index (χ4n) is 2.79. The third-order valence-electron chi connectivity index (χ3n) is 4.20. The summed E-state index contributed by atoms with van der Waals surface area (Å²) in [5.41, 5.74) is 2.68. The Labute approximate surface area is 174 Å². The highest BCUT2D eigenvalue weighted by Crippen LogP contribution is 2.37. The van der Waals surface area contributed by atoms with Crippen molar-refractivity contribution >= 4 is 51.7 Å². The lowest BCUT2D eigenvalue weighted by molar-refractivity contribution is -0.113. The molecule has 0 bridgehead atoms. The number of benzene rings is 2. The first-order chi connectivity index (χ1) is 13.4. The Morgan fingerprint density at radius 2 is 1.86 bits per heavy atom. The molecule has 0 atom stereocenters. The highest BCUT2D eigenvalue weighted by atomic mass is 32.2. The SMILES string of the molecule is CCOc1ccc(/C=C2/SC(=S)N(c3ccc(N(C)C)cc3)C2=O)cc1OC. The molecule has 1 amide bonds. The summed E-state index contributed by atoms with van der Waals surface area (Å²) in [5, 5.41) is 0. The van der Waals surface area contributed by atoms with Gasteiger partial charge in [0.1, 0.15) is 0 Å². The zero-order chi connectivity index (χ0) is 20.3. The Morgan fingerprint density at radius 1 is 1.14 bits per heavy atom. The van der Waals surface area contributed by atoms with Crippen LogP contribution in [0, 0.1) is 0 Å². The molecule has 5 nitrogen and oxygen atoms in total. The first-order valence-electron chi connectivity index (χ1n) is 8.80. The van der Waals surface area contributed by atoms with Crippen LogP contribution in [-0.2, 0) is 4.79 Å². The second kappa shape index (κ2) is 8.67. The molecule has 0 aromatic heterocycles. The summed E-state index contributed by atoms with van der Waals surface area (Å²) in [6, 6.07) is 13.3. The van der Waals surface area contributed by atoms with Gasteiger partial charge in [0.2, 0.25) is 0 Å². The molecule has 1 aliphatic rings. The minimum absolute atomic E-state index is 0.125. The van der Waals surface area contributed by atoms with Gasteiger partial charge in [0.25, 0.3) is 5.91 Å². The van der Waals surface area contributed by atoms with Gasteiger partial charge in [-0.05, 0) is 55.0 Å². The molecule has 1 saturated heterocycles. The van der Waals surface area contributed by atoms with Crippen molar-refractivity contribution in [3.8, 4) is 11.5 Å². The topological polar surface area (TPSA) is 42.0 Å². The number of nitrogens with zero attached hydrogens (tertiary/aromatic N) is 2. The van der Waals surface area contributed by atoms with E-state index in [0.29, 0.717) is 27.3 Å². The Balaban J connectivity index is 1.86. The number of thiocarbonyl (C=S) groups is 1. The number of ether oxygens (including phenoxy) is 2. The maximum Gasteiger partial charge on any atom is 0.270 e. The van der Waals surface area contributed by atoms with Gasteiger partial charge in [0.15, 0.2) is 15.8 Å². The molecule has 3 rings (SSSR count). The van der Waals surface area contributed by atoms with E-state index in [0.717, 1.165) is 16.9 Å². The normalized spacial score (nSPS) is 15.3. The van der Waals surface area contributed by atoms with Crippen LogP contribution in [0.2, 0.25) is 0 Å². The van der Waals surface area contributed by atoms with E-state index in [9.17, 15) is 4.79 Å². The van der Waals surface area contributed by atoms with Crippen LogP contribution in [0.1, 0.15) is 12.5 Å². The number of thioether (sulfide) groups is 1. The van der Waals surface area contributed by atoms with Crippen LogP contribution in [-0.4, -0.2) is 38.0 Å². The molecule has 0 saturated carbocycles. The highest BCUT2D eigenvalue weighted by molar-refractivity contribution is 8.27. The molecule has 1 heterocycles. The first kappa shape index (κ1) is 20.2. The molecule has 146 valence electrons. The van der Waals surface area contributed by atoms with Gasteiger partial charge in [-0.25, -0.2) is 0 Å². The minimum Gasteiger partial charge on any atom is -0.493 e. The Bertz CT molecular complexity index is 924. The Hall–Kier alpha value is -2.51. The number of carbonyl (C=O) groups excluding carboxylic acids is 1. The zero-order valence-electron chi connectivity index (χ0n) is 16.3. The van der Waals surface area contributed by atoms with Crippen LogP contribution in [0.4, 0.5) is 11.4 Å². The van der Waals surface area contributed by atoms with Crippen LogP contribution >= 0.6 is 24.0 Å². The van der Waals surface area contributed by atoms with Crippen molar-refractivity contribution in [2.75, 3.05) is 37.6 Å². The fourth-order valence-corrected chi connectivity index (χ4v) is 4.09. The number of methoxy groups -OCH3 is 1. The zero-order valence-corrected chi connectivity index (χ0v) is 17.9. The van der Waals surface area contributed by atoms with Crippen molar-refractivity contribution in [3.63, 3.8) is 0 Å². The second-order valence-corrected chi connectivity index (χ2v) is 7.95. The first-order valence-corrected chi connectivity index (χ1v) is 10.0. The van der Waals surface area contributed by atoms with Gasteiger partial charge in [-0.2, -0.15) is 0 Å². The van der Waals surface area contributed by atoms with Gasteiger partial charge in [-0.1, -0.05) is 30.0 Å². The van der Waals surface area contributed by atoms with E-state index < -0.39 is 0 Å². The molecule has 0 aliphatic carbocycles. The average Bonchev–Trinajstić information content (AvgIpc) is 2.96. The summed E-state index contributed by atoms with van der Waals surface area (Å²) in [4.78, 5) is 17.1. The van der Waals surface area contributed by atoms with E-state index in [1.54, 1.807) is 12.0 Å². The van der Waals surface area contributed by atoms with Gasteiger partial charge < -0.3 is 14.4 Å². The standard InChI is InChI=1S/C21H22N2O3S2/c1-5-26-17-11-6-14(12-18(17)25-4)13-19-20(24)23(21(27)28-19)16-9-7-15(8-10-16)22(2)3/h6-13H,5H2,1-4H3/b19-13+. The number of carbonyl (C=O) groups is 1. The third kappa shape index (κ3) is 4.15. The molecular formula is C21H22N2O3S2. The van der Waals surface area contributed by atoms with Crippen molar-refractivity contribution < 1.29 is 14.3 Å². The quantitative estimate of drug-likeness (QED) is 0.510. The van der Waals surface area contributed by atoms with Gasteiger partial charge in [-0.15, -0.1) is 0 Å². The van der Waals surface area contributed by atoms with E-state index in [1.165, 1.54) is 11.8 Å². The summed E-state index contributed by atoms with van der Waals surface area (Å²) in [6.45, 7) is 2.48. The fraction of sp³-hybridized carbons (Fsp3) is 0.238. The molecule has 2 aromatic carbocycles. The predicted octanol–water partition coefficient (Wildman–Crippen LogP) is 4.57. The molecule has 0 spiro atoms. The molecule has 28 heavy (non-hydrogen) atoms. The van der Waals surface area contributed by atoms with Crippen molar-refractivity contribution in [1.82, 2.24) is 0 Å². The minimum atomic E-state index is -0.125. The summed E-state index contributed by atoms with van der Waals surface area (Å²) >= 11 is 6.75. The Kier molecular flexibility index (Phi) is 6.26. The maximum absolute atomic E-state index is 12.9. The van der Waals surface area contributed by atoms with Crippen LogP contribution < -0.4 is 19.3 Å². The largest absolute Gasteiger partial charge is 0.493 e. The van der Waals surface area contributed by atoms with Crippen LogP contribution in [0.5, 0.6) is 11.5 Å². The van der Waals surface area contributed by atoms with E-state index in [2.05, 4.69) is 0 Å². The van der Waals surface area contributed by atoms with Crippen molar-refractivity contribution in [2.45, 2.75) is 6.92 Å². The Morgan fingerprint density at radius 3 is 2.46 bits per heavy atom. The van der Waals surface area contributed by atoms with E-state index >= 15 is 0 Å². The molecule has 1 aliphatic heterocycles. The molecule has 2 aromatic rings. The lowest BCUT2D eigenvalue weighted by atomic mass is 10.1. The summed E-state index contributed by atoms with van der Waals surface area (Å²) < 4.78 is 11.4. The lowest BCUT2D eigenvalue weighted by Crippen LogP contribution is -2.27. The number of hydrogen-bond acceptors (Lipinski definition) is 6. The van der Waals surface area contributed by atoms with Crippen molar-refractivity contribution in [2.24, 2.45) is 0 Å². The van der Waals surface area contributed by atoms with E-state index in [1.807, 2.05) is 74.5 Å². The van der Waals surface area contributed by atoms with Crippen LogP contribution in [0.25, 0.3) is 6.08 Å². The summed E-state index contributed by atoms with van der Waals surface area (Å²) in [6.07, 6.45) is 1.83. The molecule has 0 N–H and O–H groups in total. The van der Waals surface area contributed by atoms with Crippen molar-refractivity contribution in [1.29, 1.82) is 0 Å². The molecule has 0 radical (unpaired) electrons. The van der Waals surface area contributed by atoms with Crippen LogP contribution in [0.3, 0.4) is 0 Å². The van der Waals surface area contributed by atoms with E-state index in [-0.39, 0.29) is 5.91 Å². The van der Waals surface area contributed by atoms with Gasteiger partial charge in [-0.3, -0.25) is 9.69 Å². The summed E-state index contributed by atoms with van der Waals surface area (Å²) in [7, 11) is 5.55. The number of hydrogen-bond donors (Lipinski definition) is 0. The number of rotatable bonds is 6. The molecule has 0 unspecified atom stereocenters. The smallest absolute Gasteiger partial charge is 0.270 e. The molecule has 1 fully saturated rings.